The van der Waals surface area contributed by atoms with Crippen molar-refractivity contribution in [2.45, 2.75) is 26.8 Å². The fourth-order valence-electron chi connectivity index (χ4n) is 3.21. The molecule has 0 fully saturated rings. The van der Waals surface area contributed by atoms with E-state index in [0.717, 1.165) is 21.8 Å². The Kier molecular flexibility index (Phi) is 5.26. The minimum absolute atomic E-state index is 0.133. The molecule has 154 valence electrons. The van der Waals surface area contributed by atoms with Crippen molar-refractivity contribution in [3.8, 4) is 10.6 Å². The van der Waals surface area contributed by atoms with Crippen molar-refractivity contribution >= 4 is 39.8 Å². The normalized spacial score (nSPS) is 11.3. The van der Waals surface area contributed by atoms with Crippen LogP contribution in [0.3, 0.4) is 0 Å². The van der Waals surface area contributed by atoms with E-state index in [9.17, 15) is 4.79 Å². The number of hydrogen-bond donors (Lipinski definition) is 1. The van der Waals surface area contributed by atoms with E-state index in [1.165, 1.54) is 4.88 Å². The Bertz CT molecular complexity index is 1210. The lowest BCUT2D eigenvalue weighted by Crippen LogP contribution is -2.14. The summed E-state index contributed by atoms with van der Waals surface area (Å²) in [6.45, 7) is 6.16. The molecule has 0 saturated carbocycles. The van der Waals surface area contributed by atoms with E-state index in [2.05, 4.69) is 28.4 Å². The number of rotatable bonds is 5. The summed E-state index contributed by atoms with van der Waals surface area (Å²) in [6, 6.07) is 9.79. The molecule has 0 saturated heterocycles. The van der Waals surface area contributed by atoms with Gasteiger partial charge >= 0.3 is 0 Å². The molecule has 0 aliphatic rings. The monoisotopic (exact) mass is 420 g/mol. The van der Waals surface area contributed by atoms with Gasteiger partial charge in [0.15, 0.2) is 5.65 Å². The van der Waals surface area contributed by atoms with Gasteiger partial charge in [0.25, 0.3) is 5.91 Å². The minimum atomic E-state index is -0.209. The van der Waals surface area contributed by atoms with E-state index in [1.807, 2.05) is 61.8 Å². The molecule has 4 aromatic heterocycles. The largest absolute Gasteiger partial charge is 0.363 e. The number of carbonyl (C=O) groups excluding carboxylic acids is 1. The summed E-state index contributed by atoms with van der Waals surface area (Å²) in [5.41, 5.74) is 2.67. The number of amides is 1. The van der Waals surface area contributed by atoms with E-state index < -0.39 is 0 Å². The van der Waals surface area contributed by atoms with Crippen LogP contribution in [0.1, 0.15) is 35.1 Å². The predicted molar refractivity (Wildman–Crippen MR) is 122 cm³/mol. The molecule has 0 aromatic carbocycles. The molecule has 1 amide bonds. The summed E-state index contributed by atoms with van der Waals surface area (Å²) in [7, 11) is 3.85. The Hall–Kier alpha value is -3.26. The molecule has 0 radical (unpaired) electrons. The number of thiophene rings is 1. The molecule has 0 unspecified atom stereocenters. The van der Waals surface area contributed by atoms with Gasteiger partial charge in [-0.2, -0.15) is 5.10 Å². The topological polar surface area (TPSA) is 75.9 Å². The highest BCUT2D eigenvalue weighted by Crippen LogP contribution is 2.31. The first kappa shape index (κ1) is 20.0. The van der Waals surface area contributed by atoms with Gasteiger partial charge in [-0.15, -0.1) is 11.3 Å². The third kappa shape index (κ3) is 3.78. The maximum Gasteiger partial charge on any atom is 0.256 e. The van der Waals surface area contributed by atoms with Gasteiger partial charge < -0.3 is 10.2 Å². The SMILES string of the molecule is Cc1ccc(-c2cc(C(=O)Nc3ccc(N(C)C)nc3)c3cnn(C(C)C)c3n2)s1. The molecule has 30 heavy (non-hydrogen) atoms. The van der Waals surface area contributed by atoms with E-state index in [4.69, 9.17) is 4.98 Å². The zero-order chi connectivity index (χ0) is 21.4. The van der Waals surface area contributed by atoms with Crippen molar-refractivity contribution in [3.63, 3.8) is 0 Å². The van der Waals surface area contributed by atoms with Crippen molar-refractivity contribution in [1.29, 1.82) is 0 Å². The smallest absolute Gasteiger partial charge is 0.256 e. The lowest BCUT2D eigenvalue weighted by Gasteiger charge is -2.12. The van der Waals surface area contributed by atoms with Crippen LogP contribution in [0.15, 0.2) is 42.7 Å². The fourth-order valence-corrected chi connectivity index (χ4v) is 4.03. The maximum atomic E-state index is 13.2. The number of hydrogen-bond acceptors (Lipinski definition) is 6. The lowest BCUT2D eigenvalue weighted by atomic mass is 10.1. The van der Waals surface area contributed by atoms with Gasteiger partial charge in [-0.1, -0.05) is 0 Å². The van der Waals surface area contributed by atoms with Gasteiger partial charge in [-0.05, 0) is 51.1 Å². The van der Waals surface area contributed by atoms with Gasteiger partial charge in [0.05, 0.1) is 39.6 Å². The summed E-state index contributed by atoms with van der Waals surface area (Å²) in [5, 5.41) is 8.17. The molecule has 4 rings (SSSR count). The highest BCUT2D eigenvalue weighted by molar-refractivity contribution is 7.15. The Morgan fingerprint density at radius 2 is 1.97 bits per heavy atom. The summed E-state index contributed by atoms with van der Waals surface area (Å²) in [6.07, 6.45) is 3.38. The first-order valence-electron chi connectivity index (χ1n) is 9.73. The van der Waals surface area contributed by atoms with Gasteiger partial charge in [0.1, 0.15) is 5.82 Å². The van der Waals surface area contributed by atoms with Crippen LogP contribution in [0, 0.1) is 6.92 Å². The van der Waals surface area contributed by atoms with E-state index in [-0.39, 0.29) is 11.9 Å². The number of aryl methyl sites for hydroxylation is 1. The van der Waals surface area contributed by atoms with Crippen LogP contribution in [0.25, 0.3) is 21.6 Å². The van der Waals surface area contributed by atoms with Crippen molar-refractivity contribution < 1.29 is 4.79 Å². The van der Waals surface area contributed by atoms with Gasteiger partial charge in [0.2, 0.25) is 0 Å². The van der Waals surface area contributed by atoms with Crippen molar-refractivity contribution in [2.75, 3.05) is 24.3 Å². The van der Waals surface area contributed by atoms with Crippen LogP contribution in [-0.2, 0) is 0 Å². The standard InChI is InChI=1S/C22H24N6OS/c1-13(2)28-21-17(12-24-28)16(10-18(26-21)19-8-6-14(3)30-19)22(29)25-15-7-9-20(23-11-15)27(4)5/h6-13H,1-5H3,(H,25,29). The summed E-state index contributed by atoms with van der Waals surface area (Å²) in [5.74, 6) is 0.618. The van der Waals surface area contributed by atoms with Crippen LogP contribution in [0.2, 0.25) is 0 Å². The minimum Gasteiger partial charge on any atom is -0.363 e. The van der Waals surface area contributed by atoms with E-state index in [1.54, 1.807) is 23.7 Å². The lowest BCUT2D eigenvalue weighted by molar-refractivity contribution is 0.102. The highest BCUT2D eigenvalue weighted by atomic mass is 32.1. The third-order valence-electron chi connectivity index (χ3n) is 4.76. The van der Waals surface area contributed by atoms with Crippen LogP contribution < -0.4 is 10.2 Å². The van der Waals surface area contributed by atoms with Crippen LogP contribution in [0.5, 0.6) is 0 Å². The maximum absolute atomic E-state index is 13.2. The second kappa shape index (κ2) is 7.87. The Morgan fingerprint density at radius 1 is 1.17 bits per heavy atom. The molecule has 8 heteroatoms. The van der Waals surface area contributed by atoms with Crippen molar-refractivity contribution in [2.24, 2.45) is 0 Å². The first-order chi connectivity index (χ1) is 14.3. The van der Waals surface area contributed by atoms with Gasteiger partial charge in [-0.25, -0.2) is 14.6 Å². The third-order valence-corrected chi connectivity index (χ3v) is 5.78. The fraction of sp³-hybridized carbons (Fsp3) is 0.273. The number of aromatic nitrogens is 4. The van der Waals surface area contributed by atoms with E-state index in [0.29, 0.717) is 16.9 Å². The molecule has 0 atom stereocenters. The number of anilines is 2. The molecule has 4 aromatic rings. The molecule has 0 aliphatic carbocycles. The van der Waals surface area contributed by atoms with Crippen LogP contribution in [-0.4, -0.2) is 39.8 Å². The van der Waals surface area contributed by atoms with Crippen LogP contribution in [0.4, 0.5) is 11.5 Å². The Labute approximate surface area is 179 Å². The van der Waals surface area contributed by atoms with Gasteiger partial charge in [0, 0.05) is 25.0 Å². The zero-order valence-corrected chi connectivity index (χ0v) is 18.5. The molecular weight excluding hydrogens is 396 g/mol. The summed E-state index contributed by atoms with van der Waals surface area (Å²) < 4.78 is 1.85. The average Bonchev–Trinajstić information content (AvgIpc) is 3.33. The summed E-state index contributed by atoms with van der Waals surface area (Å²) in [4.78, 5) is 26.5. The number of nitrogens with zero attached hydrogens (tertiary/aromatic N) is 5. The molecule has 4 heterocycles. The first-order valence-corrected chi connectivity index (χ1v) is 10.5. The number of pyridine rings is 2. The second-order valence-corrected chi connectivity index (χ2v) is 8.93. The molecule has 0 bridgehead atoms. The predicted octanol–water partition coefficient (Wildman–Crippen LogP) is 4.76. The van der Waals surface area contributed by atoms with Crippen molar-refractivity contribution in [1.82, 2.24) is 19.7 Å². The summed E-state index contributed by atoms with van der Waals surface area (Å²) >= 11 is 1.66. The molecular formula is C22H24N6OS. The van der Waals surface area contributed by atoms with E-state index >= 15 is 0 Å². The number of nitrogens with one attached hydrogen (secondary N) is 1. The van der Waals surface area contributed by atoms with Crippen LogP contribution >= 0.6 is 11.3 Å². The number of carbonyl (C=O) groups is 1. The van der Waals surface area contributed by atoms with Gasteiger partial charge in [-0.3, -0.25) is 4.79 Å². The number of fused-ring (bicyclic) bond motifs is 1. The molecule has 1 N–H and O–H groups in total. The second-order valence-electron chi connectivity index (χ2n) is 7.64. The Balaban J connectivity index is 1.77. The van der Waals surface area contributed by atoms with Crippen molar-refractivity contribution in [3.05, 3.63) is 53.2 Å². The quantitative estimate of drug-likeness (QED) is 0.504. The molecule has 0 spiro atoms. The average molecular weight is 421 g/mol. The highest BCUT2D eigenvalue weighted by Gasteiger charge is 2.19. The molecule has 7 nitrogen and oxygen atoms in total. The molecule has 0 aliphatic heterocycles. The Morgan fingerprint density at radius 3 is 2.57 bits per heavy atom. The zero-order valence-electron chi connectivity index (χ0n) is 17.7.